The first-order valence-electron chi connectivity index (χ1n) is 3.97. The Kier molecular flexibility index (Phi) is 6.74. The summed E-state index contributed by atoms with van der Waals surface area (Å²) in [5.74, 6) is -0.370. The Morgan fingerprint density at radius 2 is 2.29 bits per heavy atom. The van der Waals surface area contributed by atoms with Crippen molar-refractivity contribution in [3.63, 3.8) is 0 Å². The zero-order valence-corrected chi connectivity index (χ0v) is 11.0. The van der Waals surface area contributed by atoms with Crippen LogP contribution in [0.15, 0.2) is 18.2 Å². The van der Waals surface area contributed by atoms with Crippen molar-refractivity contribution in [1.82, 2.24) is 4.98 Å². The number of alkyl halides is 1. The molecule has 0 aliphatic heterocycles. The van der Waals surface area contributed by atoms with Crippen molar-refractivity contribution >= 4 is 38.9 Å². The number of carbonyl (C=O) groups excluding carboxylic acids is 1. The normalized spacial score (nSPS) is 9.00. The molecule has 1 rings (SSSR count). The van der Waals surface area contributed by atoms with Gasteiger partial charge >= 0.3 is 5.97 Å². The molecule has 1 aromatic heterocycles. The van der Waals surface area contributed by atoms with E-state index in [1.165, 1.54) is 0 Å². The van der Waals surface area contributed by atoms with E-state index in [9.17, 15) is 4.79 Å². The van der Waals surface area contributed by atoms with E-state index in [2.05, 4.69) is 20.9 Å². The lowest BCUT2D eigenvalue weighted by atomic mass is 10.3. The predicted octanol–water partition coefficient (Wildman–Crippen LogP) is 2.73. The molecular formula is C9H11Br2NO2. The van der Waals surface area contributed by atoms with E-state index in [0.717, 1.165) is 5.69 Å². The van der Waals surface area contributed by atoms with Crippen molar-refractivity contribution in [2.24, 2.45) is 0 Å². The Bertz CT molecular complexity index is 305. The third kappa shape index (κ3) is 3.75. The first kappa shape index (κ1) is 13.6. The molecule has 0 saturated carbocycles. The number of pyridine rings is 1. The highest BCUT2D eigenvalue weighted by Crippen LogP contribution is 2.04. The maximum atomic E-state index is 11.2. The molecule has 0 radical (unpaired) electrons. The number of aromatic nitrogens is 1. The minimum atomic E-state index is -0.370. The summed E-state index contributed by atoms with van der Waals surface area (Å²) in [4.78, 5) is 15.3. The molecule has 1 heterocycles. The van der Waals surface area contributed by atoms with Gasteiger partial charge in [0.15, 0.2) is 0 Å². The van der Waals surface area contributed by atoms with E-state index in [4.69, 9.17) is 4.74 Å². The van der Waals surface area contributed by atoms with Crippen molar-refractivity contribution in [2.45, 2.75) is 12.3 Å². The molecule has 1 aromatic rings. The van der Waals surface area contributed by atoms with Crippen LogP contribution in [0.3, 0.4) is 0 Å². The van der Waals surface area contributed by atoms with Gasteiger partial charge in [0.1, 0.15) is 5.69 Å². The molecule has 0 spiro atoms. The largest absolute Gasteiger partial charge is 0.461 e. The second kappa shape index (κ2) is 6.95. The summed E-state index contributed by atoms with van der Waals surface area (Å²) in [6.45, 7) is 2.14. The third-order valence-electron chi connectivity index (χ3n) is 1.43. The molecule has 5 heteroatoms. The van der Waals surface area contributed by atoms with Crippen LogP contribution in [0.5, 0.6) is 0 Å². The molecule has 0 amide bonds. The summed E-state index contributed by atoms with van der Waals surface area (Å²) >= 11 is 3.27. The average molecular weight is 325 g/mol. The fourth-order valence-corrected chi connectivity index (χ4v) is 1.19. The van der Waals surface area contributed by atoms with E-state index >= 15 is 0 Å². The Balaban J connectivity index is 0.00000169. The lowest BCUT2D eigenvalue weighted by molar-refractivity contribution is 0.0519. The third-order valence-corrected chi connectivity index (χ3v) is 2.00. The van der Waals surface area contributed by atoms with Crippen LogP contribution in [0.4, 0.5) is 0 Å². The van der Waals surface area contributed by atoms with E-state index in [1.807, 2.05) is 6.07 Å². The van der Waals surface area contributed by atoms with Gasteiger partial charge < -0.3 is 4.74 Å². The number of nitrogens with zero attached hydrogens (tertiary/aromatic N) is 1. The zero-order valence-electron chi connectivity index (χ0n) is 7.70. The monoisotopic (exact) mass is 323 g/mol. The Morgan fingerprint density at radius 1 is 1.57 bits per heavy atom. The number of ether oxygens (including phenoxy) is 1. The number of hydrogen-bond acceptors (Lipinski definition) is 3. The van der Waals surface area contributed by atoms with Gasteiger partial charge in [-0.3, -0.25) is 0 Å². The number of esters is 1. The molecule has 0 fully saturated rings. The molecule has 0 bridgehead atoms. The summed E-state index contributed by atoms with van der Waals surface area (Å²) in [6.07, 6.45) is 0. The Hall–Kier alpha value is -0.420. The highest BCUT2D eigenvalue weighted by Gasteiger charge is 2.07. The van der Waals surface area contributed by atoms with E-state index < -0.39 is 0 Å². The summed E-state index contributed by atoms with van der Waals surface area (Å²) in [5, 5.41) is 0.639. The maximum absolute atomic E-state index is 11.2. The molecule has 0 N–H and O–H groups in total. The number of carbonyl (C=O) groups is 1. The molecule has 0 unspecified atom stereocenters. The van der Waals surface area contributed by atoms with E-state index in [1.54, 1.807) is 19.1 Å². The number of rotatable bonds is 3. The van der Waals surface area contributed by atoms with Gasteiger partial charge in [0, 0.05) is 5.33 Å². The minimum Gasteiger partial charge on any atom is -0.461 e. The fourth-order valence-electron chi connectivity index (χ4n) is 0.873. The first-order chi connectivity index (χ1) is 6.27. The molecule has 78 valence electrons. The molecular weight excluding hydrogens is 314 g/mol. The van der Waals surface area contributed by atoms with Gasteiger partial charge in [-0.15, -0.1) is 17.0 Å². The molecule has 0 aliphatic rings. The van der Waals surface area contributed by atoms with E-state index in [0.29, 0.717) is 17.6 Å². The van der Waals surface area contributed by atoms with Gasteiger partial charge in [-0.2, -0.15) is 0 Å². The van der Waals surface area contributed by atoms with E-state index in [-0.39, 0.29) is 23.0 Å². The van der Waals surface area contributed by atoms with Gasteiger partial charge in [-0.25, -0.2) is 9.78 Å². The predicted molar refractivity (Wildman–Crippen MR) is 63.1 cm³/mol. The maximum Gasteiger partial charge on any atom is 0.356 e. The summed E-state index contributed by atoms with van der Waals surface area (Å²) < 4.78 is 4.81. The second-order valence-corrected chi connectivity index (χ2v) is 2.93. The molecule has 0 aromatic carbocycles. The number of halogens is 2. The summed E-state index contributed by atoms with van der Waals surface area (Å²) in [5.41, 5.74) is 1.18. The van der Waals surface area contributed by atoms with Gasteiger partial charge in [0.25, 0.3) is 0 Å². The summed E-state index contributed by atoms with van der Waals surface area (Å²) in [7, 11) is 0. The van der Waals surface area contributed by atoms with Gasteiger partial charge in [-0.1, -0.05) is 22.0 Å². The highest BCUT2D eigenvalue weighted by atomic mass is 79.9. The lowest BCUT2D eigenvalue weighted by Gasteiger charge is -2.01. The van der Waals surface area contributed by atoms with Gasteiger partial charge in [-0.05, 0) is 19.1 Å². The van der Waals surface area contributed by atoms with Crippen LogP contribution in [-0.4, -0.2) is 17.6 Å². The molecule has 14 heavy (non-hydrogen) atoms. The lowest BCUT2D eigenvalue weighted by Crippen LogP contribution is -2.07. The van der Waals surface area contributed by atoms with Crippen LogP contribution in [0.1, 0.15) is 23.1 Å². The Morgan fingerprint density at radius 3 is 2.86 bits per heavy atom. The second-order valence-electron chi connectivity index (χ2n) is 2.37. The summed E-state index contributed by atoms with van der Waals surface area (Å²) in [6, 6.07) is 5.28. The van der Waals surface area contributed by atoms with Gasteiger partial charge in [0.05, 0.1) is 12.3 Å². The van der Waals surface area contributed by atoms with Crippen molar-refractivity contribution in [3.8, 4) is 0 Å². The molecule has 0 saturated heterocycles. The first-order valence-corrected chi connectivity index (χ1v) is 5.09. The van der Waals surface area contributed by atoms with Crippen molar-refractivity contribution in [2.75, 3.05) is 6.61 Å². The standard InChI is InChI=1S/C9H10BrNO2.BrH/c1-2-13-9(12)8-5-3-4-7(6-10)11-8;/h3-5H,2,6H2,1H3;1H. The van der Waals surface area contributed by atoms with Crippen molar-refractivity contribution in [1.29, 1.82) is 0 Å². The van der Waals surface area contributed by atoms with Gasteiger partial charge in [0.2, 0.25) is 0 Å². The fraction of sp³-hybridized carbons (Fsp3) is 0.333. The zero-order chi connectivity index (χ0) is 9.68. The topological polar surface area (TPSA) is 39.2 Å². The van der Waals surface area contributed by atoms with Crippen LogP contribution in [-0.2, 0) is 10.1 Å². The smallest absolute Gasteiger partial charge is 0.356 e. The number of hydrogen-bond donors (Lipinski definition) is 0. The highest BCUT2D eigenvalue weighted by molar-refractivity contribution is 9.08. The van der Waals surface area contributed by atoms with Crippen LogP contribution in [0.2, 0.25) is 0 Å². The minimum absolute atomic E-state index is 0. The van der Waals surface area contributed by atoms with Crippen molar-refractivity contribution in [3.05, 3.63) is 29.6 Å². The Labute approximate surface area is 102 Å². The van der Waals surface area contributed by atoms with Crippen molar-refractivity contribution < 1.29 is 9.53 Å². The molecule has 3 nitrogen and oxygen atoms in total. The quantitative estimate of drug-likeness (QED) is 0.634. The molecule has 0 aliphatic carbocycles. The van der Waals surface area contributed by atoms with Crippen LogP contribution >= 0.6 is 32.9 Å². The van der Waals surface area contributed by atoms with Crippen LogP contribution < -0.4 is 0 Å². The van der Waals surface area contributed by atoms with Crippen LogP contribution in [0.25, 0.3) is 0 Å². The SMILES string of the molecule is Br.CCOC(=O)c1cccc(CBr)n1. The van der Waals surface area contributed by atoms with Crippen LogP contribution in [0, 0.1) is 0 Å². The average Bonchev–Trinajstić information content (AvgIpc) is 2.18. The molecule has 0 atom stereocenters.